The number of hydrogen-bond donors (Lipinski definition) is 0. The molecule has 0 bridgehead atoms. The number of nitrogens with zero attached hydrogens (tertiary/aromatic N) is 8. The maximum atomic E-state index is 2.51. The zero-order valence-electron chi connectivity index (χ0n) is 89.2. The van der Waals surface area contributed by atoms with Crippen molar-refractivity contribution < 1.29 is 0 Å². The molecule has 0 aliphatic heterocycles. The minimum absolute atomic E-state index is 0.295. The average Bonchev–Trinajstić information content (AvgIpc) is 1.57. The molecule has 0 aliphatic rings. The lowest BCUT2D eigenvalue weighted by Crippen LogP contribution is -2.28. The van der Waals surface area contributed by atoms with E-state index in [1.807, 2.05) is 0 Å². The molecule has 19 aromatic carbocycles. The Morgan fingerprint density at radius 2 is 0.442 bits per heavy atom. The van der Waals surface area contributed by atoms with Gasteiger partial charge in [-0.05, 0) is 352 Å². The third-order valence-corrected chi connectivity index (χ3v) is 27.0. The van der Waals surface area contributed by atoms with E-state index in [1.165, 1.54) is 196 Å². The number of aryl methyl sites for hydroxylation is 7. The first-order chi connectivity index (χ1) is 71.4. The summed E-state index contributed by atoms with van der Waals surface area (Å²) in [7, 11) is 0. The van der Waals surface area contributed by atoms with Crippen LogP contribution in [0.25, 0.3) is 55.0 Å². The molecule has 0 aliphatic carbocycles. The molecule has 147 heavy (non-hydrogen) atoms. The van der Waals surface area contributed by atoms with Crippen LogP contribution in [0.15, 0.2) is 479 Å². The fourth-order valence-electron chi connectivity index (χ4n) is 20.5. The largest absolute Gasteiger partial charge is 0.339 e. The molecule has 21 rings (SSSR count). The van der Waals surface area contributed by atoms with Crippen LogP contribution in [0.4, 0.5) is 85.3 Å². The quantitative estimate of drug-likeness (QED) is 0.0634. The molecule has 0 unspecified atom stereocenters. The summed E-state index contributed by atoms with van der Waals surface area (Å²) in [6.45, 7) is 42.3. The SMILES string of the molecule is CC(C)N(c1ccc(-n2c3ccccc3c3ccccc32)cc1)c1ccc(-n2c3ccccc3c3ccccc32)cc1.CC(C)c1ccc(N(c2ccccc2)c2ccccc2)cc1.CC(C)c1cccc(N(c2ccccc2)c2ccccc2)c1.CC(C)c1ccccc1N(c1ccccc1)c1ccccc1.Cc1cc(C)c(N(c2c(C)cc(C)cc2C)C(C)C)c(C)c1.Cc1cccc(N(c2ccccc2)C(C)C)c1. The number of rotatable bonds is 23. The first kappa shape index (κ1) is 103. The van der Waals surface area contributed by atoms with Crippen LogP contribution < -0.4 is 29.4 Å². The van der Waals surface area contributed by atoms with Crippen molar-refractivity contribution in [3.63, 3.8) is 0 Å². The molecule has 0 N–H and O–H groups in total. The van der Waals surface area contributed by atoms with E-state index in [0.717, 1.165) is 0 Å². The van der Waals surface area contributed by atoms with Crippen LogP contribution >= 0.6 is 0 Å². The van der Waals surface area contributed by atoms with Gasteiger partial charge in [-0.2, -0.15) is 0 Å². The molecule has 0 spiro atoms. The monoisotopic (exact) mass is 1920 g/mol. The molecule has 0 saturated heterocycles. The lowest BCUT2D eigenvalue weighted by Gasteiger charge is -2.35. The van der Waals surface area contributed by atoms with Gasteiger partial charge in [0.15, 0.2) is 0 Å². The van der Waals surface area contributed by atoms with Crippen LogP contribution in [0, 0.1) is 48.5 Å². The molecule has 0 fully saturated rings. The number of para-hydroxylation sites is 12. The highest BCUT2D eigenvalue weighted by Gasteiger charge is 2.25. The maximum Gasteiger partial charge on any atom is 0.0541 e. The average molecular weight is 1920 g/mol. The topological polar surface area (TPSA) is 29.3 Å². The number of hydrogen-bond acceptors (Lipinski definition) is 6. The standard InChI is InChI=1S/C39H31N3.3C21H21N.C21H29N.C16H19N/c1-27(2)40(28-19-23-30(24-20-28)41-36-15-7-3-11-32(36)33-12-4-8-16-37(33)41)29-21-25-31(26-22-29)42-38-17-9-5-13-34(38)35-14-6-10-18-39(35)42;1-17(2)18-10-9-15-21(16-18)22(19-11-5-3-6-12-19)20-13-7-4-8-14-20;1-17(2)20-15-9-10-16-21(20)22(18-11-5-3-6-12-18)19-13-7-4-8-14-19;1-17(2)18-13-15-21(16-14-18)22(19-9-5-3-6-10-19)20-11-7-4-8-12-20;1-13(2)22(20-16(5)9-14(3)10-17(20)6)21-18(7)11-15(4)12-19(21)8;1-13(2)17(15-9-5-4-6-10-15)16-11-7-8-14(3)12-16/h3-27H,1-2H3;3*3-17H,1-2H3;9-13H,1-8H3;4-13H,1-3H3. The first-order valence-corrected chi connectivity index (χ1v) is 52.2. The van der Waals surface area contributed by atoms with Crippen molar-refractivity contribution in [3.8, 4) is 11.4 Å². The smallest absolute Gasteiger partial charge is 0.0541 e. The van der Waals surface area contributed by atoms with Crippen LogP contribution in [0.3, 0.4) is 0 Å². The van der Waals surface area contributed by atoms with Gasteiger partial charge in [0.1, 0.15) is 0 Å². The van der Waals surface area contributed by atoms with Gasteiger partial charge in [-0.3, -0.25) is 0 Å². The predicted molar refractivity (Wildman–Crippen MR) is 638 cm³/mol. The summed E-state index contributed by atoms with van der Waals surface area (Å²) in [5.41, 5.74) is 39.0. The van der Waals surface area contributed by atoms with Gasteiger partial charge in [0.05, 0.1) is 22.1 Å². The second-order valence-corrected chi connectivity index (χ2v) is 40.1. The maximum absolute atomic E-state index is 2.51. The molecule has 0 saturated carbocycles. The molecular weight excluding hydrogens is 1780 g/mol. The fraction of sp³-hybridized carbons (Fsp3) is 0.180. The molecule has 0 amide bonds. The Balaban J connectivity index is 0.000000130. The van der Waals surface area contributed by atoms with Gasteiger partial charge in [-0.25, -0.2) is 0 Å². The minimum Gasteiger partial charge on any atom is -0.339 e. The summed E-state index contributed by atoms with van der Waals surface area (Å²) >= 11 is 0. The fourth-order valence-corrected chi connectivity index (χ4v) is 20.5. The van der Waals surface area contributed by atoms with Crippen LogP contribution in [0.2, 0.25) is 0 Å². The van der Waals surface area contributed by atoms with E-state index in [1.54, 1.807) is 0 Å². The van der Waals surface area contributed by atoms with E-state index in [-0.39, 0.29) is 0 Å². The van der Waals surface area contributed by atoms with Gasteiger partial charge in [-0.15, -0.1) is 0 Å². The molecule has 8 nitrogen and oxygen atoms in total. The van der Waals surface area contributed by atoms with Gasteiger partial charge < -0.3 is 38.5 Å². The Bertz CT molecular complexity index is 7300. The normalized spacial score (nSPS) is 11.1. The van der Waals surface area contributed by atoms with Gasteiger partial charge in [-0.1, -0.05) is 332 Å². The molecule has 2 heterocycles. The van der Waals surface area contributed by atoms with E-state index in [0.29, 0.717) is 35.9 Å². The van der Waals surface area contributed by atoms with Crippen molar-refractivity contribution >= 4 is 129 Å². The highest BCUT2D eigenvalue weighted by atomic mass is 15.2. The molecule has 2 aromatic heterocycles. The van der Waals surface area contributed by atoms with Crippen LogP contribution in [-0.4, -0.2) is 27.3 Å². The van der Waals surface area contributed by atoms with E-state index >= 15 is 0 Å². The lowest BCUT2D eigenvalue weighted by atomic mass is 9.98. The van der Waals surface area contributed by atoms with Gasteiger partial charge in [0.2, 0.25) is 0 Å². The first-order valence-electron chi connectivity index (χ1n) is 52.2. The van der Waals surface area contributed by atoms with E-state index in [2.05, 4.69) is 649 Å². The highest BCUT2D eigenvalue weighted by Crippen LogP contribution is 2.45. The molecular formula is C139H142N8. The molecule has 738 valence electrons. The number of anilines is 15. The summed E-state index contributed by atoms with van der Waals surface area (Å²) in [4.78, 5) is 14.2. The van der Waals surface area contributed by atoms with E-state index in [4.69, 9.17) is 0 Å². The van der Waals surface area contributed by atoms with Crippen molar-refractivity contribution in [2.45, 2.75) is 167 Å². The van der Waals surface area contributed by atoms with Crippen molar-refractivity contribution in [2.75, 3.05) is 29.4 Å². The van der Waals surface area contributed by atoms with Crippen LogP contribution in [-0.2, 0) is 0 Å². The number of aromatic nitrogens is 2. The summed E-state index contributed by atoms with van der Waals surface area (Å²) < 4.78 is 4.74. The van der Waals surface area contributed by atoms with Crippen LogP contribution in [0.5, 0.6) is 0 Å². The zero-order valence-corrected chi connectivity index (χ0v) is 89.2. The highest BCUT2D eigenvalue weighted by molar-refractivity contribution is 6.10. The Hall–Kier alpha value is -16.4. The van der Waals surface area contributed by atoms with Gasteiger partial charge >= 0.3 is 0 Å². The number of fused-ring (bicyclic) bond motifs is 6. The summed E-state index contributed by atoms with van der Waals surface area (Å²) in [5.74, 6) is 1.55. The third kappa shape index (κ3) is 24.6. The van der Waals surface area contributed by atoms with Crippen molar-refractivity contribution in [1.29, 1.82) is 0 Å². The van der Waals surface area contributed by atoms with Crippen molar-refractivity contribution in [3.05, 3.63) is 535 Å². The molecule has 0 radical (unpaired) electrons. The summed E-state index contributed by atoms with van der Waals surface area (Å²) in [6, 6.07) is 172. The Morgan fingerprint density at radius 3 is 0.776 bits per heavy atom. The van der Waals surface area contributed by atoms with E-state index < -0.39 is 0 Å². The Kier molecular flexibility index (Phi) is 34.3. The molecule has 21 aromatic rings. The Morgan fingerprint density at radius 1 is 0.177 bits per heavy atom. The predicted octanol–water partition coefficient (Wildman–Crippen LogP) is 39.9. The van der Waals surface area contributed by atoms with Crippen LogP contribution in [0.1, 0.15) is 156 Å². The second-order valence-electron chi connectivity index (χ2n) is 40.1. The van der Waals surface area contributed by atoms with Crippen molar-refractivity contribution in [2.24, 2.45) is 0 Å². The van der Waals surface area contributed by atoms with Crippen molar-refractivity contribution in [1.82, 2.24) is 9.13 Å². The third-order valence-electron chi connectivity index (χ3n) is 27.0. The van der Waals surface area contributed by atoms with Gasteiger partial charge in [0, 0.05) is 136 Å². The lowest BCUT2D eigenvalue weighted by molar-refractivity contribution is 0.778. The Labute approximate surface area is 875 Å². The second kappa shape index (κ2) is 48.8. The molecule has 0 atom stereocenters. The number of benzene rings is 19. The summed E-state index contributed by atoms with van der Waals surface area (Å²) in [6.07, 6.45) is 0. The van der Waals surface area contributed by atoms with E-state index in [9.17, 15) is 0 Å². The zero-order chi connectivity index (χ0) is 103. The van der Waals surface area contributed by atoms with Gasteiger partial charge in [0.25, 0.3) is 0 Å². The molecule has 8 heteroatoms. The summed E-state index contributed by atoms with van der Waals surface area (Å²) in [5, 5.41) is 5.13. The minimum atomic E-state index is 0.295.